The van der Waals surface area contributed by atoms with Crippen LogP contribution in [0.4, 0.5) is 0 Å². The van der Waals surface area contributed by atoms with Crippen LogP contribution in [0.25, 0.3) is 0 Å². The van der Waals surface area contributed by atoms with Crippen molar-refractivity contribution in [2.75, 3.05) is 26.7 Å². The molecule has 1 heterocycles. The average Bonchev–Trinajstić information content (AvgIpc) is 2.23. The lowest BCUT2D eigenvalue weighted by Gasteiger charge is -2.43. The van der Waals surface area contributed by atoms with Crippen LogP contribution in [-0.2, 0) is 0 Å². The third-order valence-corrected chi connectivity index (χ3v) is 4.08. The van der Waals surface area contributed by atoms with Gasteiger partial charge in [-0.1, -0.05) is 19.3 Å². The Bertz CT molecular complexity index is 175. The Morgan fingerprint density at radius 1 is 1.00 bits per heavy atom. The quantitative estimate of drug-likeness (QED) is 0.632. The molecule has 0 radical (unpaired) electrons. The molecule has 2 nitrogen and oxygen atoms in total. The maximum absolute atomic E-state index is 2.74. The maximum Gasteiger partial charge on any atom is 0.0192 e. The molecule has 1 saturated carbocycles. The minimum Gasteiger partial charge on any atom is -0.301 e. The minimum atomic E-state index is 0.755. The smallest absolute Gasteiger partial charge is 0.0192 e. The highest BCUT2D eigenvalue weighted by molar-refractivity contribution is 4.83. The summed E-state index contributed by atoms with van der Waals surface area (Å²) in [5.74, 6) is 0. The van der Waals surface area contributed by atoms with Crippen molar-refractivity contribution in [3.8, 4) is 0 Å². The molecule has 1 aliphatic heterocycles. The van der Waals surface area contributed by atoms with Crippen molar-refractivity contribution in [1.82, 2.24) is 9.80 Å². The molecular formula is C12H24N2. The monoisotopic (exact) mass is 196 g/mol. The van der Waals surface area contributed by atoms with Gasteiger partial charge in [0, 0.05) is 31.7 Å². The maximum atomic E-state index is 2.74. The summed E-state index contributed by atoms with van der Waals surface area (Å²) in [5.41, 5.74) is 0. The predicted octanol–water partition coefficient (Wildman–Crippen LogP) is 1.95. The molecular weight excluding hydrogens is 172 g/mol. The summed E-state index contributed by atoms with van der Waals surface area (Å²) in [4.78, 5) is 5.23. The van der Waals surface area contributed by atoms with Gasteiger partial charge in [-0.3, -0.25) is 4.90 Å². The van der Waals surface area contributed by atoms with Gasteiger partial charge >= 0.3 is 0 Å². The van der Waals surface area contributed by atoms with Crippen molar-refractivity contribution < 1.29 is 0 Å². The van der Waals surface area contributed by atoms with E-state index in [1.165, 1.54) is 51.7 Å². The SMILES string of the molecule is C[C@H]1CN(C2CCCCC2)CCN1C. The largest absolute Gasteiger partial charge is 0.301 e. The summed E-state index contributed by atoms with van der Waals surface area (Å²) >= 11 is 0. The third kappa shape index (κ3) is 2.29. The Morgan fingerprint density at radius 3 is 2.36 bits per heavy atom. The van der Waals surface area contributed by atoms with Crippen LogP contribution in [-0.4, -0.2) is 48.6 Å². The van der Waals surface area contributed by atoms with Gasteiger partial charge in [0.1, 0.15) is 0 Å². The summed E-state index contributed by atoms with van der Waals surface area (Å²) in [6.45, 7) is 6.21. The van der Waals surface area contributed by atoms with Crippen molar-refractivity contribution in [3.63, 3.8) is 0 Å². The Labute approximate surface area is 88.3 Å². The van der Waals surface area contributed by atoms with E-state index in [1.54, 1.807) is 0 Å². The number of piperazine rings is 1. The van der Waals surface area contributed by atoms with E-state index < -0.39 is 0 Å². The molecule has 0 bridgehead atoms. The lowest BCUT2D eigenvalue weighted by Crippen LogP contribution is -2.53. The lowest BCUT2D eigenvalue weighted by atomic mass is 9.93. The van der Waals surface area contributed by atoms with Gasteiger partial charge in [-0.05, 0) is 26.8 Å². The van der Waals surface area contributed by atoms with E-state index in [2.05, 4.69) is 23.8 Å². The molecule has 2 fully saturated rings. The number of likely N-dealkylation sites (N-methyl/N-ethyl adjacent to an activating group) is 1. The molecule has 1 aliphatic carbocycles. The van der Waals surface area contributed by atoms with Gasteiger partial charge in [0.15, 0.2) is 0 Å². The second-order valence-electron chi connectivity index (χ2n) is 5.12. The van der Waals surface area contributed by atoms with Crippen molar-refractivity contribution >= 4 is 0 Å². The van der Waals surface area contributed by atoms with Crippen LogP contribution in [0.1, 0.15) is 39.0 Å². The summed E-state index contributed by atoms with van der Waals surface area (Å²) in [5, 5.41) is 0. The Kier molecular flexibility index (Phi) is 3.45. The Morgan fingerprint density at radius 2 is 1.71 bits per heavy atom. The van der Waals surface area contributed by atoms with Crippen molar-refractivity contribution in [1.29, 1.82) is 0 Å². The zero-order valence-electron chi connectivity index (χ0n) is 9.71. The first kappa shape index (κ1) is 10.4. The number of rotatable bonds is 1. The van der Waals surface area contributed by atoms with Crippen LogP contribution < -0.4 is 0 Å². The standard InChI is InChI=1S/C12H24N2/c1-11-10-14(9-8-13(11)2)12-6-4-3-5-7-12/h11-12H,3-10H2,1-2H3/t11-/m0/s1. The van der Waals surface area contributed by atoms with Crippen LogP contribution in [0.5, 0.6) is 0 Å². The highest BCUT2D eigenvalue weighted by atomic mass is 15.3. The molecule has 0 spiro atoms. The third-order valence-electron chi connectivity index (χ3n) is 4.08. The van der Waals surface area contributed by atoms with Gasteiger partial charge < -0.3 is 4.90 Å². The van der Waals surface area contributed by atoms with Crippen LogP contribution in [0.2, 0.25) is 0 Å². The molecule has 0 unspecified atom stereocenters. The summed E-state index contributed by atoms with van der Waals surface area (Å²) in [6.07, 6.45) is 7.31. The molecule has 0 aromatic carbocycles. The fraction of sp³-hybridized carbons (Fsp3) is 1.00. The fourth-order valence-corrected chi connectivity index (χ4v) is 2.85. The second kappa shape index (κ2) is 4.63. The Hall–Kier alpha value is -0.0800. The van der Waals surface area contributed by atoms with Crippen molar-refractivity contribution in [2.45, 2.75) is 51.1 Å². The topological polar surface area (TPSA) is 6.48 Å². The molecule has 2 aliphatic rings. The molecule has 0 aromatic rings. The van der Waals surface area contributed by atoms with Crippen LogP contribution in [0.3, 0.4) is 0 Å². The molecule has 2 heteroatoms. The molecule has 82 valence electrons. The van der Waals surface area contributed by atoms with Gasteiger partial charge in [0.2, 0.25) is 0 Å². The van der Waals surface area contributed by atoms with E-state index in [-0.39, 0.29) is 0 Å². The first-order chi connectivity index (χ1) is 6.77. The van der Waals surface area contributed by atoms with E-state index in [4.69, 9.17) is 0 Å². The van der Waals surface area contributed by atoms with E-state index in [1.807, 2.05) is 0 Å². The van der Waals surface area contributed by atoms with E-state index >= 15 is 0 Å². The predicted molar refractivity (Wildman–Crippen MR) is 60.5 cm³/mol. The van der Waals surface area contributed by atoms with Gasteiger partial charge in [-0.25, -0.2) is 0 Å². The molecule has 1 saturated heterocycles. The zero-order valence-corrected chi connectivity index (χ0v) is 9.71. The average molecular weight is 196 g/mol. The minimum absolute atomic E-state index is 0.755. The first-order valence-electron chi connectivity index (χ1n) is 6.21. The van der Waals surface area contributed by atoms with Crippen LogP contribution >= 0.6 is 0 Å². The van der Waals surface area contributed by atoms with Crippen LogP contribution in [0, 0.1) is 0 Å². The fourth-order valence-electron chi connectivity index (χ4n) is 2.85. The Balaban J connectivity index is 1.85. The van der Waals surface area contributed by atoms with E-state index in [0.29, 0.717) is 0 Å². The number of hydrogen-bond donors (Lipinski definition) is 0. The molecule has 1 atom stereocenters. The van der Waals surface area contributed by atoms with Crippen LogP contribution in [0.15, 0.2) is 0 Å². The van der Waals surface area contributed by atoms with Gasteiger partial charge in [0.25, 0.3) is 0 Å². The molecule has 0 N–H and O–H groups in total. The second-order valence-corrected chi connectivity index (χ2v) is 5.12. The summed E-state index contributed by atoms with van der Waals surface area (Å²) < 4.78 is 0. The summed E-state index contributed by atoms with van der Waals surface area (Å²) in [6, 6.07) is 1.67. The first-order valence-corrected chi connectivity index (χ1v) is 6.21. The summed E-state index contributed by atoms with van der Waals surface area (Å²) in [7, 11) is 2.25. The van der Waals surface area contributed by atoms with Crippen molar-refractivity contribution in [3.05, 3.63) is 0 Å². The zero-order chi connectivity index (χ0) is 9.97. The lowest BCUT2D eigenvalue weighted by molar-refractivity contribution is 0.0577. The van der Waals surface area contributed by atoms with Crippen molar-refractivity contribution in [2.24, 2.45) is 0 Å². The number of hydrogen-bond acceptors (Lipinski definition) is 2. The van der Waals surface area contributed by atoms with E-state index in [9.17, 15) is 0 Å². The molecule has 0 aromatic heterocycles. The van der Waals surface area contributed by atoms with Gasteiger partial charge in [-0.2, -0.15) is 0 Å². The highest BCUT2D eigenvalue weighted by Gasteiger charge is 2.27. The molecule has 2 rings (SSSR count). The van der Waals surface area contributed by atoms with Gasteiger partial charge in [0.05, 0.1) is 0 Å². The number of nitrogens with zero attached hydrogens (tertiary/aromatic N) is 2. The molecule has 14 heavy (non-hydrogen) atoms. The highest BCUT2D eigenvalue weighted by Crippen LogP contribution is 2.24. The normalized spacial score (nSPS) is 33.4. The molecule has 0 amide bonds. The van der Waals surface area contributed by atoms with Gasteiger partial charge in [-0.15, -0.1) is 0 Å². The van der Waals surface area contributed by atoms with E-state index in [0.717, 1.165) is 12.1 Å².